The molecule has 8 heteroatoms. The molecule has 34 heavy (non-hydrogen) atoms. The van der Waals surface area contributed by atoms with Crippen molar-refractivity contribution < 1.29 is 8.91 Å². The van der Waals surface area contributed by atoms with Crippen LogP contribution in [0.15, 0.2) is 70.2 Å². The molecule has 176 valence electrons. The predicted molar refractivity (Wildman–Crippen MR) is 136 cm³/mol. The largest absolute Gasteiger partial charge is 0.382 e. The summed E-state index contributed by atoms with van der Waals surface area (Å²) in [6.45, 7) is 6.81. The van der Waals surface area contributed by atoms with Gasteiger partial charge in [0.1, 0.15) is 11.9 Å². The second-order valence-corrected chi connectivity index (χ2v) is 10.0. The summed E-state index contributed by atoms with van der Waals surface area (Å²) in [6.07, 6.45) is 0.794. The highest BCUT2D eigenvalue weighted by atomic mass is 32.2. The van der Waals surface area contributed by atoms with E-state index in [2.05, 4.69) is 41.4 Å². The Balaban J connectivity index is 1.52. The van der Waals surface area contributed by atoms with Crippen LogP contribution in [0.3, 0.4) is 0 Å². The van der Waals surface area contributed by atoms with Crippen molar-refractivity contribution in [2.45, 2.75) is 43.6 Å². The second kappa shape index (κ2) is 10.8. The molecule has 0 radical (unpaired) electrons. The number of nitrogen functional groups attached to an aromatic ring is 1. The van der Waals surface area contributed by atoms with Crippen LogP contribution in [0, 0.1) is 0 Å². The fraction of sp³-hybridized carbons (Fsp3) is 0.269. The number of nitrogens with one attached hydrogen (secondary N) is 1. The molecule has 3 N–H and O–H groups in total. The number of rotatable bonds is 9. The molecule has 0 aliphatic carbocycles. The lowest BCUT2D eigenvalue weighted by molar-refractivity contribution is 0.344. The summed E-state index contributed by atoms with van der Waals surface area (Å²) in [5.41, 5.74) is 10.9. The number of halogens is 1. The molecule has 0 bridgehead atoms. The van der Waals surface area contributed by atoms with Crippen LogP contribution >= 0.6 is 11.8 Å². The standard InChI is InChI=1S/C26H28FN5OS/c1-16(2)34-21-10-8-20(9-11-21)23-15-30-26(28)25(31-23)24-12-22(32-33-24)19-6-4-18(5-7-19)14-29-13-17(3)27/h4-12,15-17,29H,13-14H2,1-3H3,(H2,28,30). The van der Waals surface area contributed by atoms with Gasteiger partial charge in [-0.05, 0) is 24.6 Å². The lowest BCUT2D eigenvalue weighted by atomic mass is 10.1. The van der Waals surface area contributed by atoms with E-state index in [1.807, 2.05) is 54.2 Å². The molecule has 0 amide bonds. The van der Waals surface area contributed by atoms with Crippen LogP contribution in [-0.2, 0) is 6.54 Å². The fourth-order valence-corrected chi connectivity index (χ4v) is 4.26. The molecule has 0 fully saturated rings. The molecular weight excluding hydrogens is 449 g/mol. The topological polar surface area (TPSA) is 89.9 Å². The van der Waals surface area contributed by atoms with Gasteiger partial charge in [0.05, 0.1) is 11.9 Å². The summed E-state index contributed by atoms with van der Waals surface area (Å²) in [5, 5.41) is 7.80. The number of hydrogen-bond donors (Lipinski definition) is 2. The van der Waals surface area contributed by atoms with E-state index in [9.17, 15) is 4.39 Å². The number of hydrogen-bond acceptors (Lipinski definition) is 7. The van der Waals surface area contributed by atoms with Crippen LogP contribution < -0.4 is 11.1 Å². The van der Waals surface area contributed by atoms with E-state index in [0.717, 1.165) is 16.7 Å². The summed E-state index contributed by atoms with van der Waals surface area (Å²) in [6, 6.07) is 17.9. The molecule has 1 unspecified atom stereocenters. The Labute approximate surface area is 203 Å². The first-order valence-electron chi connectivity index (χ1n) is 11.2. The van der Waals surface area contributed by atoms with Crippen molar-refractivity contribution in [1.29, 1.82) is 0 Å². The number of nitrogens with zero attached hydrogens (tertiary/aromatic N) is 3. The highest BCUT2D eigenvalue weighted by molar-refractivity contribution is 7.99. The van der Waals surface area contributed by atoms with Gasteiger partial charge in [0, 0.05) is 40.4 Å². The van der Waals surface area contributed by atoms with E-state index in [4.69, 9.17) is 15.2 Å². The normalized spacial score (nSPS) is 12.3. The summed E-state index contributed by atoms with van der Waals surface area (Å²) in [4.78, 5) is 10.2. The minimum atomic E-state index is -0.870. The Kier molecular flexibility index (Phi) is 7.59. The molecule has 2 aromatic heterocycles. The summed E-state index contributed by atoms with van der Waals surface area (Å²) < 4.78 is 18.5. The number of alkyl halides is 1. The first kappa shape index (κ1) is 23.9. The SMILES string of the molecule is CC(F)CNCc1ccc(-c2cc(-c3nc(-c4ccc(SC(C)C)cc4)cnc3N)on2)cc1. The van der Waals surface area contributed by atoms with Crippen LogP contribution in [0.25, 0.3) is 34.0 Å². The fourth-order valence-electron chi connectivity index (χ4n) is 3.43. The van der Waals surface area contributed by atoms with Gasteiger partial charge in [-0.2, -0.15) is 0 Å². The molecule has 0 saturated heterocycles. The predicted octanol–water partition coefficient (Wildman–Crippen LogP) is 6.00. The third kappa shape index (κ3) is 6.01. The van der Waals surface area contributed by atoms with E-state index in [1.165, 1.54) is 11.8 Å². The molecule has 6 nitrogen and oxygen atoms in total. The van der Waals surface area contributed by atoms with Gasteiger partial charge in [-0.1, -0.05) is 55.4 Å². The minimum Gasteiger partial charge on any atom is -0.382 e. The van der Waals surface area contributed by atoms with Crippen LogP contribution in [0.2, 0.25) is 0 Å². The molecule has 0 spiro atoms. The number of aromatic nitrogens is 3. The highest BCUT2D eigenvalue weighted by Gasteiger charge is 2.15. The van der Waals surface area contributed by atoms with Crippen LogP contribution in [0.4, 0.5) is 10.2 Å². The van der Waals surface area contributed by atoms with Gasteiger partial charge in [-0.25, -0.2) is 14.4 Å². The van der Waals surface area contributed by atoms with E-state index in [0.29, 0.717) is 41.2 Å². The van der Waals surface area contributed by atoms with Gasteiger partial charge in [0.15, 0.2) is 17.3 Å². The Morgan fingerprint density at radius 2 is 1.68 bits per heavy atom. The first-order valence-corrected chi connectivity index (χ1v) is 12.1. The molecule has 0 aliphatic heterocycles. The van der Waals surface area contributed by atoms with Crippen LogP contribution in [-0.4, -0.2) is 33.1 Å². The van der Waals surface area contributed by atoms with Crippen molar-refractivity contribution in [3.63, 3.8) is 0 Å². The van der Waals surface area contributed by atoms with Crippen LogP contribution in [0.1, 0.15) is 26.3 Å². The van der Waals surface area contributed by atoms with Crippen molar-refractivity contribution in [2.24, 2.45) is 0 Å². The maximum atomic E-state index is 12.9. The lowest BCUT2D eigenvalue weighted by Gasteiger charge is -2.07. The van der Waals surface area contributed by atoms with Gasteiger partial charge >= 0.3 is 0 Å². The zero-order valence-electron chi connectivity index (χ0n) is 19.5. The van der Waals surface area contributed by atoms with Gasteiger partial charge < -0.3 is 15.6 Å². The summed E-state index contributed by atoms with van der Waals surface area (Å²) in [7, 11) is 0. The Morgan fingerprint density at radius 1 is 1.00 bits per heavy atom. The minimum absolute atomic E-state index is 0.280. The molecule has 2 heterocycles. The highest BCUT2D eigenvalue weighted by Crippen LogP contribution is 2.31. The van der Waals surface area contributed by atoms with Crippen molar-refractivity contribution in [2.75, 3.05) is 12.3 Å². The van der Waals surface area contributed by atoms with E-state index in [-0.39, 0.29) is 5.82 Å². The lowest BCUT2D eigenvalue weighted by Crippen LogP contribution is -2.21. The van der Waals surface area contributed by atoms with Gasteiger partial charge in [0.2, 0.25) is 0 Å². The number of thioether (sulfide) groups is 1. The Morgan fingerprint density at radius 3 is 2.35 bits per heavy atom. The maximum Gasteiger partial charge on any atom is 0.189 e. The number of benzene rings is 2. The second-order valence-electron chi connectivity index (χ2n) is 8.37. The van der Waals surface area contributed by atoms with Crippen molar-refractivity contribution in [3.05, 3.63) is 66.4 Å². The van der Waals surface area contributed by atoms with Gasteiger partial charge in [-0.3, -0.25) is 0 Å². The van der Waals surface area contributed by atoms with E-state index < -0.39 is 6.17 Å². The quantitative estimate of drug-likeness (QED) is 0.286. The number of anilines is 1. The van der Waals surface area contributed by atoms with E-state index in [1.54, 1.807) is 6.20 Å². The Bertz CT molecular complexity index is 1220. The molecular formula is C26H28FN5OS. The zero-order valence-corrected chi connectivity index (χ0v) is 20.3. The summed E-state index contributed by atoms with van der Waals surface area (Å²) in [5.74, 6) is 0.735. The molecule has 0 saturated carbocycles. The zero-order chi connectivity index (χ0) is 24.1. The van der Waals surface area contributed by atoms with Crippen molar-refractivity contribution in [3.8, 4) is 34.0 Å². The maximum absolute atomic E-state index is 12.9. The average molecular weight is 478 g/mol. The molecule has 2 aromatic carbocycles. The van der Waals surface area contributed by atoms with Crippen molar-refractivity contribution in [1.82, 2.24) is 20.4 Å². The third-order valence-corrected chi connectivity index (χ3v) is 6.09. The molecule has 4 rings (SSSR count). The monoisotopic (exact) mass is 477 g/mol. The Hall–Kier alpha value is -3.23. The smallest absolute Gasteiger partial charge is 0.189 e. The molecule has 1 atom stereocenters. The average Bonchev–Trinajstić information content (AvgIpc) is 3.30. The van der Waals surface area contributed by atoms with Crippen molar-refractivity contribution >= 4 is 17.6 Å². The van der Waals surface area contributed by atoms with Gasteiger partial charge in [0.25, 0.3) is 0 Å². The summed E-state index contributed by atoms with van der Waals surface area (Å²) >= 11 is 1.81. The van der Waals surface area contributed by atoms with Gasteiger partial charge in [-0.15, -0.1) is 11.8 Å². The molecule has 0 aliphatic rings. The number of nitrogens with two attached hydrogens (primary N) is 1. The van der Waals surface area contributed by atoms with E-state index >= 15 is 0 Å². The van der Waals surface area contributed by atoms with Crippen LogP contribution in [0.5, 0.6) is 0 Å². The molecule has 4 aromatic rings. The first-order chi connectivity index (χ1) is 16.4. The third-order valence-electron chi connectivity index (χ3n) is 5.07.